The number of anilines is 1. The molecule has 1 aromatic carbocycles. The zero-order valence-electron chi connectivity index (χ0n) is 10.5. The number of nitrogens with one attached hydrogen (secondary N) is 1. The number of hydrogen-bond donors (Lipinski definition) is 2. The fraction of sp³-hybridized carbons (Fsp3) is 0.250. The van der Waals surface area contributed by atoms with Crippen molar-refractivity contribution >= 4 is 35.6 Å². The Balaban J connectivity index is 0.00000289. The highest BCUT2D eigenvalue weighted by Crippen LogP contribution is 2.29. The van der Waals surface area contributed by atoms with Gasteiger partial charge in [0.1, 0.15) is 0 Å². The number of nitrogens with zero attached hydrogens (tertiary/aromatic N) is 1. The standard InChI is InChI=1S/C12H17N3O2.HI/c1-4-7-14-12(13)15-9-5-6-10(16-2)11(8-9)17-3;/h4-6,8H,1,7H2,2-3H3,(H3,13,14,15);1H. The van der Waals surface area contributed by atoms with Gasteiger partial charge >= 0.3 is 0 Å². The van der Waals surface area contributed by atoms with Crippen molar-refractivity contribution in [1.29, 1.82) is 0 Å². The van der Waals surface area contributed by atoms with Crippen LogP contribution in [0.25, 0.3) is 0 Å². The number of halogens is 1. The molecule has 0 bridgehead atoms. The molecule has 1 aromatic rings. The first-order valence-corrected chi connectivity index (χ1v) is 5.11. The van der Waals surface area contributed by atoms with E-state index in [0.717, 1.165) is 5.69 Å². The smallest absolute Gasteiger partial charge is 0.193 e. The van der Waals surface area contributed by atoms with Gasteiger partial charge in [0, 0.05) is 11.8 Å². The van der Waals surface area contributed by atoms with Gasteiger partial charge in [0.2, 0.25) is 0 Å². The van der Waals surface area contributed by atoms with Gasteiger partial charge in [-0.1, -0.05) is 6.08 Å². The molecule has 1 rings (SSSR count). The predicted octanol–water partition coefficient (Wildman–Crippen LogP) is 2.23. The summed E-state index contributed by atoms with van der Waals surface area (Å²) in [5.74, 6) is 1.63. The molecule has 0 amide bonds. The summed E-state index contributed by atoms with van der Waals surface area (Å²) < 4.78 is 10.3. The zero-order valence-corrected chi connectivity index (χ0v) is 12.8. The number of methoxy groups -OCH3 is 2. The van der Waals surface area contributed by atoms with Crippen LogP contribution in [-0.4, -0.2) is 26.7 Å². The van der Waals surface area contributed by atoms with Crippen LogP contribution in [0.4, 0.5) is 5.69 Å². The summed E-state index contributed by atoms with van der Waals surface area (Å²) in [7, 11) is 3.17. The molecule has 0 saturated carbocycles. The van der Waals surface area contributed by atoms with Crippen molar-refractivity contribution in [2.45, 2.75) is 0 Å². The van der Waals surface area contributed by atoms with Gasteiger partial charge in [-0.3, -0.25) is 0 Å². The Kier molecular flexibility index (Phi) is 7.93. The number of nitrogens with two attached hydrogens (primary N) is 1. The Bertz CT molecular complexity index is 422. The van der Waals surface area contributed by atoms with E-state index in [0.29, 0.717) is 24.0 Å². The molecular weight excluding hydrogens is 345 g/mol. The van der Waals surface area contributed by atoms with Gasteiger partial charge in [0.05, 0.1) is 20.8 Å². The number of hydrogen-bond acceptors (Lipinski definition) is 3. The first kappa shape index (κ1) is 16.6. The summed E-state index contributed by atoms with van der Waals surface area (Å²) in [6.45, 7) is 4.04. The Hall–Kier alpha value is -1.44. The lowest BCUT2D eigenvalue weighted by molar-refractivity contribution is 0.355. The minimum atomic E-state index is 0. The topological polar surface area (TPSA) is 68.9 Å². The highest BCUT2D eigenvalue weighted by Gasteiger charge is 2.04. The third-order valence-electron chi connectivity index (χ3n) is 2.05. The van der Waals surface area contributed by atoms with E-state index >= 15 is 0 Å². The van der Waals surface area contributed by atoms with Gasteiger partial charge in [-0.25, -0.2) is 4.99 Å². The number of benzene rings is 1. The third-order valence-corrected chi connectivity index (χ3v) is 2.05. The Morgan fingerprint density at radius 3 is 2.61 bits per heavy atom. The maximum atomic E-state index is 5.67. The highest BCUT2D eigenvalue weighted by atomic mass is 127. The lowest BCUT2D eigenvalue weighted by Gasteiger charge is -2.10. The van der Waals surface area contributed by atoms with Crippen molar-refractivity contribution in [3.05, 3.63) is 30.9 Å². The molecule has 0 spiro atoms. The molecule has 0 heterocycles. The molecule has 0 unspecified atom stereocenters. The van der Waals surface area contributed by atoms with Gasteiger partial charge in [0.15, 0.2) is 17.5 Å². The van der Waals surface area contributed by atoms with Crippen molar-refractivity contribution in [3.8, 4) is 11.5 Å². The number of aliphatic imine (C=N–C) groups is 1. The van der Waals surface area contributed by atoms with Gasteiger partial charge in [-0.15, -0.1) is 30.6 Å². The minimum Gasteiger partial charge on any atom is -0.493 e. The van der Waals surface area contributed by atoms with E-state index in [4.69, 9.17) is 15.2 Å². The van der Waals surface area contributed by atoms with Crippen molar-refractivity contribution in [2.75, 3.05) is 26.1 Å². The van der Waals surface area contributed by atoms with Gasteiger partial charge in [-0.05, 0) is 12.1 Å². The van der Waals surface area contributed by atoms with E-state index in [2.05, 4.69) is 16.9 Å². The average molecular weight is 363 g/mol. The van der Waals surface area contributed by atoms with Crippen LogP contribution >= 0.6 is 24.0 Å². The van der Waals surface area contributed by atoms with E-state index in [1.165, 1.54) is 0 Å². The van der Waals surface area contributed by atoms with Crippen LogP contribution in [0.15, 0.2) is 35.8 Å². The van der Waals surface area contributed by atoms with Crippen LogP contribution in [-0.2, 0) is 0 Å². The lowest BCUT2D eigenvalue weighted by atomic mass is 10.3. The van der Waals surface area contributed by atoms with Crippen LogP contribution in [0, 0.1) is 0 Å². The fourth-order valence-electron chi connectivity index (χ4n) is 1.26. The first-order chi connectivity index (χ1) is 8.21. The molecule has 6 heteroatoms. The Morgan fingerprint density at radius 2 is 2.06 bits per heavy atom. The predicted molar refractivity (Wildman–Crippen MR) is 85.3 cm³/mol. The average Bonchev–Trinajstić information content (AvgIpc) is 2.36. The summed E-state index contributed by atoms with van der Waals surface area (Å²) in [6.07, 6.45) is 1.67. The molecular formula is C12H18IN3O2. The van der Waals surface area contributed by atoms with E-state index in [-0.39, 0.29) is 24.0 Å². The summed E-state index contributed by atoms with van der Waals surface area (Å²) in [5, 5.41) is 2.95. The van der Waals surface area contributed by atoms with Crippen molar-refractivity contribution < 1.29 is 9.47 Å². The first-order valence-electron chi connectivity index (χ1n) is 5.11. The molecule has 0 aliphatic carbocycles. The second-order valence-corrected chi connectivity index (χ2v) is 3.21. The molecule has 0 aromatic heterocycles. The summed E-state index contributed by atoms with van der Waals surface area (Å²) in [5.41, 5.74) is 6.46. The lowest BCUT2D eigenvalue weighted by Crippen LogP contribution is -2.22. The molecule has 100 valence electrons. The molecule has 0 aliphatic rings. The largest absolute Gasteiger partial charge is 0.493 e. The van der Waals surface area contributed by atoms with Crippen molar-refractivity contribution in [2.24, 2.45) is 10.7 Å². The summed E-state index contributed by atoms with van der Waals surface area (Å²) >= 11 is 0. The number of rotatable bonds is 5. The van der Waals surface area contributed by atoms with Gasteiger partial charge in [0.25, 0.3) is 0 Å². The minimum absolute atomic E-state index is 0. The maximum Gasteiger partial charge on any atom is 0.193 e. The van der Waals surface area contributed by atoms with E-state index in [9.17, 15) is 0 Å². The van der Waals surface area contributed by atoms with Gasteiger partial charge < -0.3 is 20.5 Å². The highest BCUT2D eigenvalue weighted by molar-refractivity contribution is 14.0. The van der Waals surface area contributed by atoms with Crippen LogP contribution < -0.4 is 20.5 Å². The zero-order chi connectivity index (χ0) is 12.7. The molecule has 0 saturated heterocycles. The summed E-state index contributed by atoms with van der Waals surface area (Å²) in [4.78, 5) is 4.03. The fourth-order valence-corrected chi connectivity index (χ4v) is 1.26. The monoisotopic (exact) mass is 363 g/mol. The molecule has 5 nitrogen and oxygen atoms in total. The Morgan fingerprint density at radius 1 is 1.39 bits per heavy atom. The van der Waals surface area contributed by atoms with Crippen LogP contribution in [0.5, 0.6) is 11.5 Å². The quantitative estimate of drug-likeness (QED) is 0.364. The second kappa shape index (κ2) is 8.62. The molecule has 18 heavy (non-hydrogen) atoms. The third kappa shape index (κ3) is 4.82. The van der Waals surface area contributed by atoms with Crippen LogP contribution in [0.3, 0.4) is 0 Å². The van der Waals surface area contributed by atoms with E-state index in [1.807, 2.05) is 6.07 Å². The molecule has 0 fully saturated rings. The molecule has 3 N–H and O–H groups in total. The van der Waals surface area contributed by atoms with Crippen molar-refractivity contribution in [3.63, 3.8) is 0 Å². The maximum absolute atomic E-state index is 5.67. The molecule has 0 radical (unpaired) electrons. The van der Waals surface area contributed by atoms with E-state index < -0.39 is 0 Å². The number of ether oxygens (including phenoxy) is 2. The normalized spacial score (nSPS) is 10.2. The van der Waals surface area contributed by atoms with Crippen LogP contribution in [0.2, 0.25) is 0 Å². The van der Waals surface area contributed by atoms with E-state index in [1.54, 1.807) is 32.4 Å². The Labute approximate surface area is 124 Å². The molecule has 0 atom stereocenters. The summed E-state index contributed by atoms with van der Waals surface area (Å²) in [6, 6.07) is 5.41. The number of guanidine groups is 1. The molecule has 0 aliphatic heterocycles. The van der Waals surface area contributed by atoms with Gasteiger partial charge in [-0.2, -0.15) is 0 Å². The van der Waals surface area contributed by atoms with Crippen LogP contribution in [0.1, 0.15) is 0 Å². The second-order valence-electron chi connectivity index (χ2n) is 3.21. The SMILES string of the molecule is C=CCN=C(N)Nc1ccc(OC)c(OC)c1.I. The van der Waals surface area contributed by atoms with Crippen molar-refractivity contribution in [1.82, 2.24) is 0 Å².